The molecule has 0 aliphatic carbocycles. The van der Waals surface area contributed by atoms with E-state index in [2.05, 4.69) is 14.9 Å². The Hall–Kier alpha value is -1.03. The lowest BCUT2D eigenvalue weighted by Gasteiger charge is -2.17. The van der Waals surface area contributed by atoms with E-state index in [0.717, 1.165) is 31.2 Å². The van der Waals surface area contributed by atoms with Crippen molar-refractivity contribution in [3.8, 4) is 5.88 Å². The number of nitrogens with zero attached hydrogens (tertiary/aromatic N) is 3. The average molecular weight is 256 g/mol. The van der Waals surface area contributed by atoms with Crippen molar-refractivity contribution >= 4 is 17.4 Å². The lowest BCUT2D eigenvalue weighted by atomic mass is 10.1. The van der Waals surface area contributed by atoms with Gasteiger partial charge >= 0.3 is 0 Å². The fraction of sp³-hybridized carbons (Fsp3) is 0.667. The van der Waals surface area contributed by atoms with E-state index in [0.29, 0.717) is 18.4 Å². The van der Waals surface area contributed by atoms with Crippen LogP contribution >= 0.6 is 11.6 Å². The maximum Gasteiger partial charge on any atom is 0.234 e. The van der Waals surface area contributed by atoms with Gasteiger partial charge in [-0.3, -0.25) is 4.98 Å². The van der Waals surface area contributed by atoms with Crippen LogP contribution in [0.3, 0.4) is 0 Å². The summed E-state index contributed by atoms with van der Waals surface area (Å²) in [7, 11) is 0. The van der Waals surface area contributed by atoms with Gasteiger partial charge in [0.15, 0.2) is 5.82 Å². The van der Waals surface area contributed by atoms with Crippen LogP contribution in [-0.2, 0) is 0 Å². The minimum Gasteiger partial charge on any atom is -0.477 e. The molecule has 2 heterocycles. The molecule has 1 fully saturated rings. The number of alkyl halides is 1. The molecule has 1 saturated heterocycles. The summed E-state index contributed by atoms with van der Waals surface area (Å²) in [6.45, 7) is 4.62. The van der Waals surface area contributed by atoms with Crippen LogP contribution in [0.1, 0.15) is 19.8 Å². The highest BCUT2D eigenvalue weighted by molar-refractivity contribution is 6.17. The van der Waals surface area contributed by atoms with Gasteiger partial charge in [0.1, 0.15) is 0 Å². The summed E-state index contributed by atoms with van der Waals surface area (Å²) in [6.07, 6.45) is 5.72. The summed E-state index contributed by atoms with van der Waals surface area (Å²) in [6, 6.07) is 0. The van der Waals surface area contributed by atoms with Crippen LogP contribution < -0.4 is 9.64 Å². The number of hydrogen-bond donors (Lipinski definition) is 0. The second-order valence-electron chi connectivity index (χ2n) is 4.23. The zero-order valence-corrected chi connectivity index (χ0v) is 10.9. The van der Waals surface area contributed by atoms with Crippen LogP contribution in [0.5, 0.6) is 5.88 Å². The summed E-state index contributed by atoms with van der Waals surface area (Å²) in [5.74, 6) is 2.94. The summed E-state index contributed by atoms with van der Waals surface area (Å²) >= 11 is 5.78. The molecule has 0 N–H and O–H groups in total. The van der Waals surface area contributed by atoms with Gasteiger partial charge in [0.05, 0.1) is 19.0 Å². The highest BCUT2D eigenvalue weighted by atomic mass is 35.5. The smallest absolute Gasteiger partial charge is 0.234 e. The Balaban J connectivity index is 2.00. The van der Waals surface area contributed by atoms with Gasteiger partial charge in [0, 0.05) is 19.0 Å². The van der Waals surface area contributed by atoms with Crippen molar-refractivity contribution in [1.29, 1.82) is 0 Å². The first-order chi connectivity index (χ1) is 8.33. The molecule has 1 aromatic heterocycles. The molecule has 1 aliphatic rings. The Bertz CT molecular complexity index is 361. The van der Waals surface area contributed by atoms with Crippen LogP contribution in [0.4, 0.5) is 5.82 Å². The SMILES string of the molecule is CCOc1cncc(N2CCC(CCCl)C2)n1. The third kappa shape index (κ3) is 3.22. The maximum atomic E-state index is 5.78. The number of halogens is 1. The van der Waals surface area contributed by atoms with Gasteiger partial charge in [0.25, 0.3) is 0 Å². The van der Waals surface area contributed by atoms with Crippen LogP contribution in [-0.4, -0.2) is 35.5 Å². The highest BCUT2D eigenvalue weighted by Gasteiger charge is 2.23. The predicted molar refractivity (Wildman–Crippen MR) is 68.9 cm³/mol. The van der Waals surface area contributed by atoms with E-state index < -0.39 is 0 Å². The maximum absolute atomic E-state index is 5.78. The first-order valence-electron chi connectivity index (χ1n) is 6.09. The van der Waals surface area contributed by atoms with Crippen molar-refractivity contribution in [2.24, 2.45) is 5.92 Å². The molecule has 0 radical (unpaired) electrons. The van der Waals surface area contributed by atoms with Crippen LogP contribution in [0.25, 0.3) is 0 Å². The van der Waals surface area contributed by atoms with E-state index >= 15 is 0 Å². The topological polar surface area (TPSA) is 38.2 Å². The predicted octanol–water partition coefficient (Wildman–Crippen LogP) is 2.33. The fourth-order valence-electron chi connectivity index (χ4n) is 2.14. The Morgan fingerprint density at radius 2 is 2.41 bits per heavy atom. The van der Waals surface area contributed by atoms with Gasteiger partial charge in [-0.05, 0) is 25.7 Å². The normalized spacial score (nSPS) is 19.6. The molecule has 4 nitrogen and oxygen atoms in total. The summed E-state index contributed by atoms with van der Waals surface area (Å²) < 4.78 is 5.36. The third-order valence-corrected chi connectivity index (χ3v) is 3.24. The van der Waals surface area contributed by atoms with E-state index in [1.54, 1.807) is 12.4 Å². The van der Waals surface area contributed by atoms with E-state index in [1.807, 2.05) is 6.92 Å². The highest BCUT2D eigenvalue weighted by Crippen LogP contribution is 2.25. The van der Waals surface area contributed by atoms with Crippen molar-refractivity contribution in [2.45, 2.75) is 19.8 Å². The summed E-state index contributed by atoms with van der Waals surface area (Å²) in [5, 5.41) is 0. The second-order valence-corrected chi connectivity index (χ2v) is 4.60. The number of hydrogen-bond acceptors (Lipinski definition) is 4. The van der Waals surface area contributed by atoms with Crippen LogP contribution in [0.15, 0.2) is 12.4 Å². The number of rotatable bonds is 5. The Labute approximate surface area is 107 Å². The number of aromatic nitrogens is 2. The largest absolute Gasteiger partial charge is 0.477 e. The molecule has 1 aliphatic heterocycles. The van der Waals surface area contributed by atoms with Gasteiger partial charge in [0.2, 0.25) is 5.88 Å². The van der Waals surface area contributed by atoms with E-state index in [-0.39, 0.29) is 0 Å². The van der Waals surface area contributed by atoms with Gasteiger partial charge in [-0.1, -0.05) is 0 Å². The molecule has 1 atom stereocenters. The Morgan fingerprint density at radius 3 is 3.18 bits per heavy atom. The first kappa shape index (κ1) is 12.4. The van der Waals surface area contributed by atoms with Crippen molar-refractivity contribution in [3.63, 3.8) is 0 Å². The minimum absolute atomic E-state index is 0.603. The molecule has 5 heteroatoms. The van der Waals surface area contributed by atoms with Gasteiger partial charge in [-0.2, -0.15) is 4.98 Å². The fourth-order valence-corrected chi connectivity index (χ4v) is 2.45. The zero-order chi connectivity index (χ0) is 12.1. The Kier molecular flexibility index (Phi) is 4.42. The molecule has 0 amide bonds. The molecule has 0 spiro atoms. The average Bonchev–Trinajstić information content (AvgIpc) is 2.79. The molecule has 1 unspecified atom stereocenters. The quantitative estimate of drug-likeness (QED) is 0.757. The standard InChI is InChI=1S/C12H18ClN3O/c1-2-17-12-8-14-7-11(15-12)16-6-4-10(9-16)3-5-13/h7-8,10H,2-6,9H2,1H3. The minimum atomic E-state index is 0.603. The molecule has 0 aromatic carbocycles. The molecule has 0 bridgehead atoms. The van der Waals surface area contributed by atoms with Crippen LogP contribution in [0, 0.1) is 5.92 Å². The van der Waals surface area contributed by atoms with Crippen LogP contribution in [0.2, 0.25) is 0 Å². The number of ether oxygens (including phenoxy) is 1. The van der Waals surface area contributed by atoms with E-state index in [4.69, 9.17) is 16.3 Å². The van der Waals surface area contributed by atoms with E-state index in [1.165, 1.54) is 6.42 Å². The summed E-state index contributed by atoms with van der Waals surface area (Å²) in [5.41, 5.74) is 0. The number of anilines is 1. The molecular weight excluding hydrogens is 238 g/mol. The monoisotopic (exact) mass is 255 g/mol. The van der Waals surface area contributed by atoms with Gasteiger partial charge in [-0.25, -0.2) is 0 Å². The van der Waals surface area contributed by atoms with Crippen molar-refractivity contribution < 1.29 is 4.74 Å². The molecule has 94 valence electrons. The molecule has 0 saturated carbocycles. The van der Waals surface area contributed by atoms with Crippen molar-refractivity contribution in [3.05, 3.63) is 12.4 Å². The third-order valence-electron chi connectivity index (χ3n) is 3.02. The lowest BCUT2D eigenvalue weighted by molar-refractivity contribution is 0.325. The summed E-state index contributed by atoms with van der Waals surface area (Å²) in [4.78, 5) is 10.9. The lowest BCUT2D eigenvalue weighted by Crippen LogP contribution is -2.21. The van der Waals surface area contributed by atoms with Crippen molar-refractivity contribution in [1.82, 2.24) is 9.97 Å². The molecule has 17 heavy (non-hydrogen) atoms. The molecule has 1 aromatic rings. The van der Waals surface area contributed by atoms with E-state index in [9.17, 15) is 0 Å². The zero-order valence-electron chi connectivity index (χ0n) is 10.1. The Morgan fingerprint density at radius 1 is 1.53 bits per heavy atom. The second kappa shape index (κ2) is 6.05. The molecule has 2 rings (SSSR count). The van der Waals surface area contributed by atoms with Gasteiger partial charge in [-0.15, -0.1) is 11.6 Å². The molecular formula is C12H18ClN3O. The van der Waals surface area contributed by atoms with Gasteiger partial charge < -0.3 is 9.64 Å². The first-order valence-corrected chi connectivity index (χ1v) is 6.62. The van der Waals surface area contributed by atoms with Crippen molar-refractivity contribution in [2.75, 3.05) is 30.5 Å².